The number of nitriles is 1. The minimum Gasteiger partial charge on any atom is -0.360 e. The van der Waals surface area contributed by atoms with Crippen molar-refractivity contribution in [3.63, 3.8) is 0 Å². The summed E-state index contributed by atoms with van der Waals surface area (Å²) < 4.78 is 41.2. The van der Waals surface area contributed by atoms with Crippen LogP contribution in [-0.2, 0) is 16.1 Å². The number of fused-ring (bicyclic) bond motifs is 1. The molecule has 41 heavy (non-hydrogen) atoms. The van der Waals surface area contributed by atoms with Gasteiger partial charge in [0.2, 0.25) is 5.91 Å². The van der Waals surface area contributed by atoms with Gasteiger partial charge < -0.3 is 20.5 Å². The van der Waals surface area contributed by atoms with Crippen LogP contribution in [0.3, 0.4) is 0 Å². The van der Waals surface area contributed by atoms with Crippen LogP contribution in [0.15, 0.2) is 35.3 Å². The maximum atomic E-state index is 12.9. The van der Waals surface area contributed by atoms with Crippen molar-refractivity contribution < 1.29 is 22.8 Å². The second kappa shape index (κ2) is 12.6. The number of likely N-dealkylation sites (tertiary alicyclic amines) is 1. The third-order valence-electron chi connectivity index (χ3n) is 6.91. The molecule has 3 heterocycles. The summed E-state index contributed by atoms with van der Waals surface area (Å²) in [5.41, 5.74) is 0.747. The number of hydrogen-bond donors (Lipinski definition) is 3. The Kier molecular flexibility index (Phi) is 9.19. The van der Waals surface area contributed by atoms with E-state index in [0.29, 0.717) is 18.3 Å². The molecule has 0 aliphatic carbocycles. The Labute approximate surface area is 237 Å². The first kappa shape index (κ1) is 29.9. The number of carbonyl (C=O) groups excluding carboxylic acids is 2. The number of amides is 2. The van der Waals surface area contributed by atoms with Gasteiger partial charge in [0.25, 0.3) is 11.5 Å². The first-order valence-electron chi connectivity index (χ1n) is 13.0. The topological polar surface area (TPSA) is 124 Å². The van der Waals surface area contributed by atoms with E-state index < -0.39 is 29.8 Å². The van der Waals surface area contributed by atoms with Crippen molar-refractivity contribution in [3.05, 3.63) is 50.0 Å². The Morgan fingerprint density at radius 2 is 1.95 bits per heavy atom. The summed E-state index contributed by atoms with van der Waals surface area (Å²) in [5.74, 6) is -1.19. The van der Waals surface area contributed by atoms with E-state index in [1.165, 1.54) is 10.8 Å². The molecule has 1 saturated heterocycles. The normalized spacial score (nSPS) is 16.0. The number of hydrogen-bond acceptors (Lipinski definition) is 7. The predicted octanol–water partition coefficient (Wildman–Crippen LogP) is 1.47. The van der Waals surface area contributed by atoms with Crippen LogP contribution in [0.5, 0.6) is 0 Å². The molecular weight excluding hydrogens is 559 g/mol. The predicted molar refractivity (Wildman–Crippen MR) is 150 cm³/mol. The van der Waals surface area contributed by atoms with Crippen LogP contribution in [0.4, 0.5) is 18.9 Å². The molecule has 1 fully saturated rings. The number of rotatable bonds is 8. The summed E-state index contributed by atoms with van der Waals surface area (Å²) >= 11 is 0.854. The lowest BCUT2D eigenvalue weighted by Gasteiger charge is -2.32. The maximum Gasteiger partial charge on any atom is 0.405 e. The van der Waals surface area contributed by atoms with Gasteiger partial charge in [0.05, 0.1) is 6.54 Å². The van der Waals surface area contributed by atoms with Crippen molar-refractivity contribution >= 4 is 51.5 Å². The van der Waals surface area contributed by atoms with Gasteiger partial charge in [-0.1, -0.05) is 0 Å². The van der Waals surface area contributed by atoms with Gasteiger partial charge in [0.15, 0.2) is 5.57 Å². The monoisotopic (exact) mass is 589 g/mol. The summed E-state index contributed by atoms with van der Waals surface area (Å²) in [6.07, 6.45) is 0.730. The lowest BCUT2D eigenvalue weighted by Crippen LogP contribution is -2.40. The molecule has 2 aromatic heterocycles. The molecule has 1 aliphatic heterocycles. The van der Waals surface area contributed by atoms with Gasteiger partial charge >= 0.3 is 6.18 Å². The molecule has 2 amide bonds. The van der Waals surface area contributed by atoms with Gasteiger partial charge in [0, 0.05) is 61.7 Å². The average Bonchev–Trinajstić information content (AvgIpc) is 3.51. The zero-order valence-corrected chi connectivity index (χ0v) is 23.4. The van der Waals surface area contributed by atoms with Crippen LogP contribution in [0.2, 0.25) is 0 Å². The quantitative estimate of drug-likeness (QED) is 0.366. The van der Waals surface area contributed by atoms with E-state index in [-0.39, 0.29) is 21.6 Å². The fourth-order valence-electron chi connectivity index (χ4n) is 4.82. The largest absolute Gasteiger partial charge is 0.405 e. The van der Waals surface area contributed by atoms with Crippen LogP contribution in [0, 0.1) is 11.3 Å². The molecule has 0 spiro atoms. The standard InChI is InChI=1S/C27H30F3N7O3S/c1-3-36-25(40)22(41-26(36)20(13-31)24(39)34-16-27(28,29)30)14-33-18-4-5-21-17(12-18)6-11-37(21)19-7-9-35(10-8-19)15-23(38)32-2/h4-6,11-12,14,19,33H,3,7-10,15-16H2,1-2H3,(H,32,38)(H,34,39)/b22-14-,26-20+. The van der Waals surface area contributed by atoms with Gasteiger partial charge in [-0.05, 0) is 44.0 Å². The minimum atomic E-state index is -4.63. The molecule has 4 rings (SSSR count). The van der Waals surface area contributed by atoms with Gasteiger partial charge in [0.1, 0.15) is 21.8 Å². The van der Waals surface area contributed by atoms with E-state index in [4.69, 9.17) is 0 Å². The Morgan fingerprint density at radius 1 is 1.22 bits per heavy atom. The number of aromatic nitrogens is 2. The number of anilines is 1. The fourth-order valence-corrected chi connectivity index (χ4v) is 5.90. The molecule has 14 heteroatoms. The number of likely N-dealkylation sites (N-methyl/N-ethyl adjacent to an activating group) is 1. The Morgan fingerprint density at radius 3 is 2.59 bits per heavy atom. The van der Waals surface area contributed by atoms with Crippen molar-refractivity contribution in [3.8, 4) is 6.07 Å². The highest BCUT2D eigenvalue weighted by Gasteiger charge is 2.29. The summed E-state index contributed by atoms with van der Waals surface area (Å²) in [6.45, 7) is 2.25. The summed E-state index contributed by atoms with van der Waals surface area (Å²) in [6, 6.07) is 9.76. The second-order valence-corrected chi connectivity index (χ2v) is 10.6. The third kappa shape index (κ3) is 6.98. The zero-order chi connectivity index (χ0) is 29.7. The van der Waals surface area contributed by atoms with Gasteiger partial charge in [-0.2, -0.15) is 18.4 Å². The summed E-state index contributed by atoms with van der Waals surface area (Å²) in [5, 5.41) is 17.9. The molecule has 0 saturated carbocycles. The van der Waals surface area contributed by atoms with Crippen LogP contribution >= 0.6 is 11.3 Å². The Hall–Kier alpha value is -4.09. The van der Waals surface area contributed by atoms with E-state index >= 15 is 0 Å². The minimum absolute atomic E-state index is 0.00847. The summed E-state index contributed by atoms with van der Waals surface area (Å²) in [7, 11) is 1.64. The van der Waals surface area contributed by atoms with Crippen molar-refractivity contribution in [1.82, 2.24) is 24.7 Å². The van der Waals surface area contributed by atoms with Crippen LogP contribution in [0.25, 0.3) is 22.7 Å². The summed E-state index contributed by atoms with van der Waals surface area (Å²) in [4.78, 5) is 39.0. The Balaban J connectivity index is 1.54. The zero-order valence-electron chi connectivity index (χ0n) is 22.5. The molecule has 1 aromatic carbocycles. The van der Waals surface area contributed by atoms with E-state index in [9.17, 15) is 32.8 Å². The van der Waals surface area contributed by atoms with E-state index in [1.807, 2.05) is 30.5 Å². The number of alkyl halides is 3. The molecule has 0 radical (unpaired) electrons. The molecule has 10 nitrogen and oxygen atoms in total. The second-order valence-electron chi connectivity index (χ2n) is 9.57. The first-order chi connectivity index (χ1) is 19.5. The van der Waals surface area contributed by atoms with Gasteiger partial charge in [-0.3, -0.25) is 23.9 Å². The van der Waals surface area contributed by atoms with E-state index in [1.54, 1.807) is 25.4 Å². The van der Waals surface area contributed by atoms with Gasteiger partial charge in [-0.15, -0.1) is 11.3 Å². The average molecular weight is 590 g/mol. The molecule has 1 aliphatic rings. The lowest BCUT2D eigenvalue weighted by molar-refractivity contribution is -0.135. The van der Waals surface area contributed by atoms with Crippen LogP contribution in [-0.4, -0.2) is 65.3 Å². The molecule has 0 atom stereocenters. The highest BCUT2D eigenvalue weighted by molar-refractivity contribution is 7.07. The Bertz CT molecular complexity index is 1660. The maximum absolute atomic E-state index is 12.9. The van der Waals surface area contributed by atoms with Crippen LogP contribution < -0.4 is 30.7 Å². The number of thiazole rings is 1. The number of piperidine rings is 1. The van der Waals surface area contributed by atoms with Crippen molar-refractivity contribution in [2.75, 3.05) is 38.5 Å². The van der Waals surface area contributed by atoms with Crippen molar-refractivity contribution in [2.24, 2.45) is 0 Å². The molecule has 3 aromatic rings. The SMILES string of the molecule is CCn1c(=O)/c(=C/Nc2ccc3c(ccn3C3CCN(CC(=O)NC)CC3)c2)s/c1=C(\C#N)C(=O)NCC(F)(F)F. The lowest BCUT2D eigenvalue weighted by atomic mass is 10.0. The number of benzene rings is 1. The third-order valence-corrected chi connectivity index (χ3v) is 8.04. The highest BCUT2D eigenvalue weighted by atomic mass is 32.1. The molecular formula is C27H30F3N7O3S. The first-order valence-corrected chi connectivity index (χ1v) is 13.9. The fraction of sp³-hybridized carbons (Fsp3) is 0.407. The molecule has 3 N–H and O–H groups in total. The van der Waals surface area contributed by atoms with Gasteiger partial charge in [-0.25, -0.2) is 0 Å². The van der Waals surface area contributed by atoms with E-state index in [0.717, 1.165) is 48.2 Å². The smallest absolute Gasteiger partial charge is 0.360 e. The van der Waals surface area contributed by atoms with Crippen molar-refractivity contribution in [2.45, 2.75) is 38.5 Å². The van der Waals surface area contributed by atoms with E-state index in [2.05, 4.69) is 20.1 Å². The molecule has 218 valence electrons. The number of halogens is 3. The highest BCUT2D eigenvalue weighted by Crippen LogP contribution is 2.29. The number of nitrogens with one attached hydrogen (secondary N) is 3. The van der Waals surface area contributed by atoms with Crippen molar-refractivity contribution in [1.29, 1.82) is 5.26 Å². The molecule has 0 unspecified atom stereocenters. The van der Waals surface area contributed by atoms with Crippen LogP contribution in [0.1, 0.15) is 25.8 Å². The number of nitrogens with zero attached hydrogens (tertiary/aromatic N) is 4. The number of carbonyl (C=O) groups is 2. The molecule has 0 bridgehead atoms.